The number of rotatable bonds is 6. The van der Waals surface area contributed by atoms with Gasteiger partial charge in [0.05, 0.1) is 19.3 Å². The number of hydrogen-bond donors (Lipinski definition) is 1. The van der Waals surface area contributed by atoms with Crippen LogP contribution < -0.4 is 10.5 Å². The highest BCUT2D eigenvalue weighted by Crippen LogP contribution is 2.31. The Kier molecular flexibility index (Phi) is 7.87. The highest BCUT2D eigenvalue weighted by atomic mass is 35.5. The Morgan fingerprint density at radius 2 is 1.89 bits per heavy atom. The SMILES string of the molecule is COc1ccccc1-c1ccc(C(C)N(C)C(=O)[C@@H]2CC[C@H](CN)O2)cc1.Cl. The van der Waals surface area contributed by atoms with E-state index in [4.69, 9.17) is 15.2 Å². The number of para-hydroxylation sites is 1. The minimum Gasteiger partial charge on any atom is -0.496 e. The second-order valence-electron chi connectivity index (χ2n) is 7.01. The van der Waals surface area contributed by atoms with E-state index < -0.39 is 0 Å². The second kappa shape index (κ2) is 9.92. The molecule has 28 heavy (non-hydrogen) atoms. The van der Waals surface area contributed by atoms with Crippen molar-refractivity contribution < 1.29 is 14.3 Å². The van der Waals surface area contributed by atoms with Crippen molar-refractivity contribution in [1.82, 2.24) is 4.90 Å². The molecule has 6 heteroatoms. The Hall–Kier alpha value is -2.08. The summed E-state index contributed by atoms with van der Waals surface area (Å²) in [6.07, 6.45) is 1.22. The lowest BCUT2D eigenvalue weighted by Crippen LogP contribution is -2.38. The number of ether oxygens (including phenoxy) is 2. The Morgan fingerprint density at radius 3 is 2.50 bits per heavy atom. The quantitative estimate of drug-likeness (QED) is 0.795. The van der Waals surface area contributed by atoms with Crippen LogP contribution in [0.5, 0.6) is 5.75 Å². The van der Waals surface area contributed by atoms with Crippen LogP contribution in [0.25, 0.3) is 11.1 Å². The van der Waals surface area contributed by atoms with E-state index in [9.17, 15) is 4.79 Å². The van der Waals surface area contributed by atoms with E-state index >= 15 is 0 Å². The first-order valence-electron chi connectivity index (χ1n) is 9.40. The van der Waals surface area contributed by atoms with Crippen molar-refractivity contribution in [3.8, 4) is 16.9 Å². The Bertz CT molecular complexity index is 782. The zero-order valence-corrected chi connectivity index (χ0v) is 17.4. The predicted octanol–water partition coefficient (Wildman–Crippen LogP) is 3.81. The maximum Gasteiger partial charge on any atom is 0.251 e. The van der Waals surface area contributed by atoms with Gasteiger partial charge in [-0.2, -0.15) is 0 Å². The van der Waals surface area contributed by atoms with Crippen molar-refractivity contribution in [2.45, 2.75) is 38.0 Å². The van der Waals surface area contributed by atoms with Crippen LogP contribution in [0.3, 0.4) is 0 Å². The largest absolute Gasteiger partial charge is 0.496 e. The third-order valence-electron chi connectivity index (χ3n) is 5.39. The molecule has 1 aliphatic heterocycles. The zero-order chi connectivity index (χ0) is 19.4. The van der Waals surface area contributed by atoms with E-state index in [2.05, 4.69) is 24.3 Å². The van der Waals surface area contributed by atoms with Crippen molar-refractivity contribution in [3.05, 3.63) is 54.1 Å². The summed E-state index contributed by atoms with van der Waals surface area (Å²) in [5.74, 6) is 0.866. The summed E-state index contributed by atoms with van der Waals surface area (Å²) >= 11 is 0. The smallest absolute Gasteiger partial charge is 0.251 e. The van der Waals surface area contributed by atoms with Crippen molar-refractivity contribution in [2.24, 2.45) is 5.73 Å². The van der Waals surface area contributed by atoms with E-state index in [0.717, 1.165) is 35.3 Å². The molecule has 1 heterocycles. The minimum absolute atomic E-state index is 0. The fourth-order valence-corrected chi connectivity index (χ4v) is 3.53. The molecule has 1 fully saturated rings. The lowest BCUT2D eigenvalue weighted by atomic mass is 10.00. The third-order valence-corrected chi connectivity index (χ3v) is 5.39. The topological polar surface area (TPSA) is 64.8 Å². The van der Waals surface area contributed by atoms with Gasteiger partial charge in [-0.15, -0.1) is 12.4 Å². The molecule has 0 radical (unpaired) electrons. The molecule has 1 amide bonds. The first-order valence-corrected chi connectivity index (χ1v) is 9.40. The number of carbonyl (C=O) groups is 1. The van der Waals surface area contributed by atoms with Crippen molar-refractivity contribution in [2.75, 3.05) is 20.7 Å². The number of carbonyl (C=O) groups excluding carboxylic acids is 1. The summed E-state index contributed by atoms with van der Waals surface area (Å²) in [5, 5.41) is 0. The third kappa shape index (κ3) is 4.66. The predicted molar refractivity (Wildman–Crippen MR) is 114 cm³/mol. The van der Waals surface area contributed by atoms with Crippen LogP contribution in [0, 0.1) is 0 Å². The highest BCUT2D eigenvalue weighted by Gasteiger charge is 2.33. The van der Waals surface area contributed by atoms with Gasteiger partial charge in [0.1, 0.15) is 11.9 Å². The first-order chi connectivity index (χ1) is 13.0. The standard InChI is InChI=1S/C22H28N2O3.ClH/c1-15(24(2)22(25)21-13-12-18(14-23)27-21)16-8-10-17(11-9-16)19-6-4-5-7-20(19)26-3;/h4-11,15,18,21H,12-14,23H2,1-3H3;1H/t15?,18-,21+;/m1./s1. The first kappa shape index (κ1) is 22.2. The van der Waals surface area contributed by atoms with Crippen LogP contribution >= 0.6 is 12.4 Å². The van der Waals surface area contributed by atoms with Crippen LogP contribution in [0.15, 0.2) is 48.5 Å². The van der Waals surface area contributed by atoms with E-state index in [-0.39, 0.29) is 36.6 Å². The van der Waals surface area contributed by atoms with Gasteiger partial charge in [0.2, 0.25) is 0 Å². The van der Waals surface area contributed by atoms with Gasteiger partial charge in [0, 0.05) is 19.2 Å². The molecule has 2 aromatic carbocycles. The van der Waals surface area contributed by atoms with E-state index in [1.807, 2.05) is 38.2 Å². The molecule has 2 N–H and O–H groups in total. The van der Waals surface area contributed by atoms with E-state index in [1.165, 1.54) is 0 Å². The summed E-state index contributed by atoms with van der Waals surface area (Å²) < 4.78 is 11.2. The Balaban J connectivity index is 0.00000280. The molecule has 1 aliphatic rings. The average Bonchev–Trinajstić information content (AvgIpc) is 3.21. The van der Waals surface area contributed by atoms with Gasteiger partial charge in [-0.1, -0.05) is 42.5 Å². The van der Waals surface area contributed by atoms with Crippen molar-refractivity contribution >= 4 is 18.3 Å². The molecule has 152 valence electrons. The van der Waals surface area contributed by atoms with Gasteiger partial charge in [-0.05, 0) is 37.0 Å². The Labute approximate surface area is 173 Å². The van der Waals surface area contributed by atoms with Crippen molar-refractivity contribution in [3.63, 3.8) is 0 Å². The maximum atomic E-state index is 12.7. The number of methoxy groups -OCH3 is 1. The summed E-state index contributed by atoms with van der Waals surface area (Å²) in [6, 6.07) is 16.2. The maximum absolute atomic E-state index is 12.7. The van der Waals surface area contributed by atoms with Crippen LogP contribution in [-0.2, 0) is 9.53 Å². The molecule has 0 saturated carbocycles. The number of likely N-dealkylation sites (N-methyl/N-ethyl adjacent to an activating group) is 1. The monoisotopic (exact) mass is 404 g/mol. The summed E-state index contributed by atoms with van der Waals surface area (Å²) in [5.41, 5.74) is 8.87. The average molecular weight is 405 g/mol. The molecule has 2 aromatic rings. The fraction of sp³-hybridized carbons (Fsp3) is 0.409. The second-order valence-corrected chi connectivity index (χ2v) is 7.01. The van der Waals surface area contributed by atoms with E-state index in [0.29, 0.717) is 6.54 Å². The highest BCUT2D eigenvalue weighted by molar-refractivity contribution is 5.85. The van der Waals surface area contributed by atoms with Crippen LogP contribution in [0.1, 0.15) is 31.4 Å². The lowest BCUT2D eigenvalue weighted by molar-refractivity contribution is -0.143. The number of nitrogens with zero attached hydrogens (tertiary/aromatic N) is 1. The van der Waals surface area contributed by atoms with Gasteiger partial charge in [0.25, 0.3) is 5.91 Å². The molecule has 0 spiro atoms. The molecule has 0 aliphatic carbocycles. The summed E-state index contributed by atoms with van der Waals surface area (Å²) in [4.78, 5) is 14.5. The molecule has 1 unspecified atom stereocenters. The van der Waals surface area contributed by atoms with Crippen LogP contribution in [0.2, 0.25) is 0 Å². The normalized spacial score (nSPS) is 19.6. The van der Waals surface area contributed by atoms with Gasteiger partial charge < -0.3 is 20.1 Å². The molecular formula is C22H29ClN2O3. The molecule has 3 rings (SSSR count). The zero-order valence-electron chi connectivity index (χ0n) is 16.6. The van der Waals surface area contributed by atoms with Crippen molar-refractivity contribution in [1.29, 1.82) is 0 Å². The number of hydrogen-bond acceptors (Lipinski definition) is 4. The van der Waals surface area contributed by atoms with Gasteiger partial charge in [-0.3, -0.25) is 4.79 Å². The van der Waals surface area contributed by atoms with Crippen LogP contribution in [-0.4, -0.2) is 43.7 Å². The number of halogens is 1. The van der Waals surface area contributed by atoms with E-state index in [1.54, 1.807) is 12.0 Å². The molecule has 0 aromatic heterocycles. The lowest BCUT2D eigenvalue weighted by Gasteiger charge is -2.28. The fourth-order valence-electron chi connectivity index (χ4n) is 3.53. The number of benzene rings is 2. The van der Waals surface area contributed by atoms with Gasteiger partial charge >= 0.3 is 0 Å². The molecule has 0 bridgehead atoms. The Morgan fingerprint density at radius 1 is 1.21 bits per heavy atom. The summed E-state index contributed by atoms with van der Waals surface area (Å²) in [7, 11) is 3.51. The molecule has 3 atom stereocenters. The number of nitrogens with two attached hydrogens (primary N) is 1. The van der Waals surface area contributed by atoms with Crippen LogP contribution in [0.4, 0.5) is 0 Å². The molecular weight excluding hydrogens is 376 g/mol. The van der Waals surface area contributed by atoms with Gasteiger partial charge in [-0.25, -0.2) is 0 Å². The molecule has 1 saturated heterocycles. The molecule has 5 nitrogen and oxygen atoms in total. The van der Waals surface area contributed by atoms with Gasteiger partial charge in [0.15, 0.2) is 0 Å². The summed E-state index contributed by atoms with van der Waals surface area (Å²) in [6.45, 7) is 2.50. The minimum atomic E-state index is -0.376. The number of amides is 1.